The Morgan fingerprint density at radius 3 is 2.53 bits per heavy atom. The summed E-state index contributed by atoms with van der Waals surface area (Å²) in [4.78, 5) is 9.47. The average molecular weight is 410 g/mol. The number of nitrogens with zero attached hydrogens (tertiary/aromatic N) is 5. The predicted octanol–water partition coefficient (Wildman–Crippen LogP) is 2.11. The minimum Gasteiger partial charge on any atom is -0.507 e. The third kappa shape index (κ3) is 3.92. The number of nitrogen functional groups attached to an aromatic ring is 1. The highest BCUT2D eigenvalue weighted by Crippen LogP contribution is 2.36. The molecule has 1 aromatic carbocycles. The van der Waals surface area contributed by atoms with Crippen LogP contribution in [0.5, 0.6) is 5.75 Å². The molecule has 0 radical (unpaired) electrons. The number of piperazine rings is 1. The van der Waals surface area contributed by atoms with Crippen LogP contribution < -0.4 is 16.0 Å². The Bertz CT molecular complexity index is 902. The molecule has 2 unspecified atom stereocenters. The maximum Gasteiger partial charge on any atom is 0.169 e. The van der Waals surface area contributed by atoms with Gasteiger partial charge in [-0.25, -0.2) is 0 Å². The fourth-order valence-corrected chi connectivity index (χ4v) is 4.64. The summed E-state index contributed by atoms with van der Waals surface area (Å²) in [6, 6.07) is 10.1. The number of fused-ring (bicyclic) bond motifs is 2. The Kier molecular flexibility index (Phi) is 6.03. The number of aliphatic imine (C=N–C) groups is 1. The number of rotatable bonds is 4. The molecule has 8 heteroatoms. The number of amidine groups is 1. The van der Waals surface area contributed by atoms with Gasteiger partial charge in [0.15, 0.2) is 5.82 Å². The number of benzene rings is 1. The number of hydrogen-bond donors (Lipinski definition) is 3. The van der Waals surface area contributed by atoms with Crippen molar-refractivity contribution in [1.29, 1.82) is 0 Å². The van der Waals surface area contributed by atoms with Gasteiger partial charge >= 0.3 is 0 Å². The quantitative estimate of drug-likeness (QED) is 0.711. The minimum atomic E-state index is 0.197. The lowest BCUT2D eigenvalue weighted by Crippen LogP contribution is -2.56. The fourth-order valence-electron chi connectivity index (χ4n) is 4.64. The fraction of sp³-hybridized carbons (Fsp3) is 0.500. The molecule has 0 saturated carbocycles. The number of phenolic OH excluding ortho intramolecular Hbond substituents is 1. The molecule has 0 spiro atoms. The molecule has 2 bridgehead atoms. The normalized spacial score (nSPS) is 22.9. The number of phenols is 1. The van der Waals surface area contributed by atoms with E-state index in [-0.39, 0.29) is 5.75 Å². The van der Waals surface area contributed by atoms with E-state index in [9.17, 15) is 5.11 Å². The third-order valence-corrected chi connectivity index (χ3v) is 6.03. The van der Waals surface area contributed by atoms with E-state index in [1.54, 1.807) is 12.1 Å². The molecule has 30 heavy (non-hydrogen) atoms. The van der Waals surface area contributed by atoms with Gasteiger partial charge < -0.3 is 21.1 Å². The predicted molar refractivity (Wildman–Crippen MR) is 121 cm³/mol. The molecule has 0 amide bonds. The molecule has 4 heterocycles. The van der Waals surface area contributed by atoms with Crippen LogP contribution in [0.4, 0.5) is 11.5 Å². The first-order valence-electron chi connectivity index (χ1n) is 10.9. The number of nitrogens with two attached hydrogens (primary N) is 1. The van der Waals surface area contributed by atoms with Crippen LogP contribution in [-0.4, -0.2) is 70.8 Å². The second kappa shape index (κ2) is 8.87. The number of aromatic hydroxyl groups is 1. The van der Waals surface area contributed by atoms with Gasteiger partial charge in [0.1, 0.15) is 11.6 Å². The molecule has 1 aromatic heterocycles. The second-order valence-corrected chi connectivity index (χ2v) is 7.73. The third-order valence-electron chi connectivity index (χ3n) is 6.03. The zero-order chi connectivity index (χ0) is 21.1. The Hall–Kier alpha value is -2.87. The molecule has 5 rings (SSSR count). The van der Waals surface area contributed by atoms with Crippen LogP contribution in [-0.2, 0) is 0 Å². The SMILES string of the molecule is CC.Nc1nnc(-c2ccccc2O)cc1N1CC2CCC(C1)N2CC1=NCCN1. The molecule has 8 nitrogen and oxygen atoms in total. The number of aromatic nitrogens is 2. The lowest BCUT2D eigenvalue weighted by Gasteiger charge is -2.42. The molecule has 2 fully saturated rings. The molecular formula is C22H31N7O. The summed E-state index contributed by atoms with van der Waals surface area (Å²) in [6.07, 6.45) is 2.39. The molecule has 0 aliphatic carbocycles. The molecule has 160 valence electrons. The van der Waals surface area contributed by atoms with Crippen molar-refractivity contribution in [1.82, 2.24) is 20.4 Å². The lowest BCUT2D eigenvalue weighted by molar-refractivity contribution is 0.194. The van der Waals surface area contributed by atoms with E-state index in [2.05, 4.69) is 30.3 Å². The number of hydrogen-bond acceptors (Lipinski definition) is 8. The highest BCUT2D eigenvalue weighted by Gasteiger charge is 2.41. The molecule has 2 atom stereocenters. The van der Waals surface area contributed by atoms with E-state index < -0.39 is 0 Å². The first-order valence-corrected chi connectivity index (χ1v) is 10.9. The van der Waals surface area contributed by atoms with Crippen LogP contribution in [0.15, 0.2) is 35.3 Å². The molecule has 3 aliphatic rings. The van der Waals surface area contributed by atoms with Gasteiger partial charge in [-0.2, -0.15) is 0 Å². The van der Waals surface area contributed by atoms with Gasteiger partial charge in [0, 0.05) is 37.3 Å². The Morgan fingerprint density at radius 2 is 1.87 bits per heavy atom. The van der Waals surface area contributed by atoms with E-state index in [0.29, 0.717) is 29.2 Å². The molecule has 2 saturated heterocycles. The number of nitrogens with one attached hydrogen (secondary N) is 1. The van der Waals surface area contributed by atoms with Crippen LogP contribution in [0.1, 0.15) is 26.7 Å². The summed E-state index contributed by atoms with van der Waals surface area (Å²) in [5.74, 6) is 1.76. The van der Waals surface area contributed by atoms with Gasteiger partial charge in [0.05, 0.1) is 24.5 Å². The van der Waals surface area contributed by atoms with Gasteiger partial charge in [-0.15, -0.1) is 10.2 Å². The number of anilines is 2. The maximum atomic E-state index is 10.2. The van der Waals surface area contributed by atoms with E-state index in [1.165, 1.54) is 12.8 Å². The lowest BCUT2D eigenvalue weighted by atomic mass is 10.1. The minimum absolute atomic E-state index is 0.197. The van der Waals surface area contributed by atoms with Gasteiger partial charge in [0.25, 0.3) is 0 Å². The van der Waals surface area contributed by atoms with Crippen LogP contribution in [0, 0.1) is 0 Å². The Balaban J connectivity index is 0.00000106. The summed E-state index contributed by atoms with van der Waals surface area (Å²) < 4.78 is 0. The standard InChI is InChI=1S/C20H25N7O.C2H6/c21-20-17(9-16(24-25-20)15-3-1-2-4-18(15)28)26-10-13-5-6-14(11-26)27(13)12-19-22-7-8-23-19;1-2/h1-4,9,13-14,28H,5-8,10-12H2,(H2,21,25)(H,22,23);1-2H3. The van der Waals surface area contributed by atoms with Gasteiger partial charge in [0.2, 0.25) is 0 Å². The summed E-state index contributed by atoms with van der Waals surface area (Å²) in [6.45, 7) is 8.59. The van der Waals surface area contributed by atoms with Crippen molar-refractivity contribution in [3.05, 3.63) is 30.3 Å². The van der Waals surface area contributed by atoms with Crippen molar-refractivity contribution >= 4 is 17.3 Å². The highest BCUT2D eigenvalue weighted by molar-refractivity contribution is 5.85. The zero-order valence-corrected chi connectivity index (χ0v) is 17.8. The van der Waals surface area contributed by atoms with Crippen molar-refractivity contribution in [3.8, 4) is 17.0 Å². The molecule has 3 aliphatic heterocycles. The zero-order valence-electron chi connectivity index (χ0n) is 17.8. The first-order chi connectivity index (χ1) is 14.7. The maximum absolute atomic E-state index is 10.2. The van der Waals surface area contributed by atoms with Crippen molar-refractivity contribution in [3.63, 3.8) is 0 Å². The van der Waals surface area contributed by atoms with Gasteiger partial charge in [-0.05, 0) is 31.0 Å². The van der Waals surface area contributed by atoms with Crippen LogP contribution in [0.3, 0.4) is 0 Å². The Morgan fingerprint density at radius 1 is 1.13 bits per heavy atom. The van der Waals surface area contributed by atoms with Crippen molar-refractivity contribution in [2.24, 2.45) is 4.99 Å². The summed E-state index contributed by atoms with van der Waals surface area (Å²) in [7, 11) is 0. The smallest absolute Gasteiger partial charge is 0.169 e. The number of para-hydroxylation sites is 1. The van der Waals surface area contributed by atoms with Gasteiger partial charge in [-0.1, -0.05) is 26.0 Å². The average Bonchev–Trinajstić information content (AvgIpc) is 3.36. The van der Waals surface area contributed by atoms with Crippen molar-refractivity contribution in [2.75, 3.05) is 43.4 Å². The monoisotopic (exact) mass is 409 g/mol. The second-order valence-electron chi connectivity index (χ2n) is 7.73. The van der Waals surface area contributed by atoms with E-state index in [0.717, 1.165) is 44.2 Å². The summed E-state index contributed by atoms with van der Waals surface area (Å²) >= 11 is 0. The first kappa shape index (κ1) is 20.4. The summed E-state index contributed by atoms with van der Waals surface area (Å²) in [5.41, 5.74) is 8.41. The molecular weight excluding hydrogens is 378 g/mol. The van der Waals surface area contributed by atoms with E-state index in [1.807, 2.05) is 32.0 Å². The van der Waals surface area contributed by atoms with Crippen LogP contribution in [0.25, 0.3) is 11.3 Å². The largest absolute Gasteiger partial charge is 0.507 e. The topological polar surface area (TPSA) is 103 Å². The van der Waals surface area contributed by atoms with E-state index in [4.69, 9.17) is 5.73 Å². The van der Waals surface area contributed by atoms with Crippen LogP contribution in [0.2, 0.25) is 0 Å². The van der Waals surface area contributed by atoms with Crippen LogP contribution >= 0.6 is 0 Å². The molecule has 4 N–H and O–H groups in total. The molecule has 2 aromatic rings. The van der Waals surface area contributed by atoms with Crippen molar-refractivity contribution in [2.45, 2.75) is 38.8 Å². The van der Waals surface area contributed by atoms with Gasteiger partial charge in [-0.3, -0.25) is 9.89 Å². The van der Waals surface area contributed by atoms with Crippen molar-refractivity contribution < 1.29 is 5.11 Å². The van der Waals surface area contributed by atoms with E-state index >= 15 is 0 Å². The highest BCUT2D eigenvalue weighted by atomic mass is 16.3. The Labute approximate surface area is 177 Å². The summed E-state index contributed by atoms with van der Waals surface area (Å²) in [5, 5.41) is 21.9.